The molecule has 116 valence electrons. The van der Waals surface area contributed by atoms with Crippen molar-refractivity contribution in [2.24, 2.45) is 0 Å². The summed E-state index contributed by atoms with van der Waals surface area (Å²) in [5.74, 6) is 0.0663. The maximum absolute atomic E-state index is 12.6. The first-order chi connectivity index (χ1) is 11.1. The fraction of sp³-hybridized carbons (Fsp3) is 0.176. The number of carbonyl (C=O) groups excluding carboxylic acids is 1. The number of hydrogen-bond acceptors (Lipinski definition) is 4. The second-order valence-electron chi connectivity index (χ2n) is 5.19. The summed E-state index contributed by atoms with van der Waals surface area (Å²) in [4.78, 5) is 29.0. The molecule has 1 amide bonds. The van der Waals surface area contributed by atoms with Crippen LogP contribution in [0.15, 0.2) is 47.4 Å². The van der Waals surface area contributed by atoms with Gasteiger partial charge in [0.05, 0.1) is 5.39 Å². The van der Waals surface area contributed by atoms with Crippen LogP contribution in [-0.4, -0.2) is 20.7 Å². The predicted molar refractivity (Wildman–Crippen MR) is 88.6 cm³/mol. The topological polar surface area (TPSA) is 76.9 Å². The lowest BCUT2D eigenvalue weighted by Crippen LogP contribution is -2.27. The van der Waals surface area contributed by atoms with E-state index in [1.807, 2.05) is 19.9 Å². The molecule has 0 atom stereocenters. The quantitative estimate of drug-likeness (QED) is 0.806. The van der Waals surface area contributed by atoms with E-state index in [0.29, 0.717) is 23.1 Å². The Kier molecular flexibility index (Phi) is 3.89. The van der Waals surface area contributed by atoms with Crippen LogP contribution in [0.3, 0.4) is 0 Å². The molecule has 6 nitrogen and oxygen atoms in total. The molecule has 3 aromatic rings. The van der Waals surface area contributed by atoms with Gasteiger partial charge in [-0.05, 0) is 37.6 Å². The highest BCUT2D eigenvalue weighted by atomic mass is 16.2. The molecule has 0 aliphatic carbocycles. The van der Waals surface area contributed by atoms with Crippen LogP contribution < -0.4 is 10.9 Å². The maximum atomic E-state index is 12.6. The normalized spacial score (nSPS) is 10.7. The summed E-state index contributed by atoms with van der Waals surface area (Å²) in [5, 5.41) is 7.95. The standard InChI is InChI=1S/C17H16N4O2/c1-3-21-17(23)13-7-5-4-6-12(13)15(20-21)16(22)19-14-10-11(2)8-9-18-14/h4-10H,3H2,1-2H3,(H,18,19,22). The van der Waals surface area contributed by atoms with Crippen LogP contribution in [0.1, 0.15) is 23.0 Å². The molecule has 0 saturated carbocycles. The van der Waals surface area contributed by atoms with Crippen LogP contribution >= 0.6 is 0 Å². The average molecular weight is 308 g/mol. The van der Waals surface area contributed by atoms with Crippen LogP contribution in [0.5, 0.6) is 0 Å². The van der Waals surface area contributed by atoms with Gasteiger partial charge in [-0.25, -0.2) is 9.67 Å². The van der Waals surface area contributed by atoms with Gasteiger partial charge in [-0.1, -0.05) is 18.2 Å². The molecule has 0 aliphatic rings. The van der Waals surface area contributed by atoms with Gasteiger partial charge in [0, 0.05) is 18.1 Å². The van der Waals surface area contributed by atoms with Crippen molar-refractivity contribution in [3.05, 3.63) is 64.2 Å². The number of hydrogen-bond donors (Lipinski definition) is 1. The number of anilines is 1. The summed E-state index contributed by atoms with van der Waals surface area (Å²) in [6.45, 7) is 4.13. The first-order valence-electron chi connectivity index (χ1n) is 7.34. The third-order valence-electron chi connectivity index (χ3n) is 3.54. The van der Waals surface area contributed by atoms with Crippen molar-refractivity contribution in [2.75, 3.05) is 5.32 Å². The summed E-state index contributed by atoms with van der Waals surface area (Å²) in [5.41, 5.74) is 1.00. The highest BCUT2D eigenvalue weighted by molar-refractivity contribution is 6.10. The Hall–Kier alpha value is -3.02. The van der Waals surface area contributed by atoms with E-state index in [-0.39, 0.29) is 17.2 Å². The highest BCUT2D eigenvalue weighted by Gasteiger charge is 2.16. The van der Waals surface area contributed by atoms with Crippen molar-refractivity contribution < 1.29 is 4.79 Å². The summed E-state index contributed by atoms with van der Waals surface area (Å²) < 4.78 is 1.29. The largest absolute Gasteiger partial charge is 0.305 e. The third-order valence-corrected chi connectivity index (χ3v) is 3.54. The van der Waals surface area contributed by atoms with Gasteiger partial charge >= 0.3 is 0 Å². The summed E-state index contributed by atoms with van der Waals surface area (Å²) in [7, 11) is 0. The van der Waals surface area contributed by atoms with Crippen molar-refractivity contribution in [1.82, 2.24) is 14.8 Å². The molecule has 0 spiro atoms. The Morgan fingerprint density at radius 1 is 1.22 bits per heavy atom. The molecule has 0 unspecified atom stereocenters. The van der Waals surface area contributed by atoms with E-state index in [4.69, 9.17) is 0 Å². The minimum Gasteiger partial charge on any atom is -0.305 e. The van der Waals surface area contributed by atoms with Crippen LogP contribution in [-0.2, 0) is 6.54 Å². The van der Waals surface area contributed by atoms with Gasteiger partial charge in [-0.2, -0.15) is 5.10 Å². The molecule has 0 fully saturated rings. The van der Waals surface area contributed by atoms with Crippen LogP contribution in [0.25, 0.3) is 10.8 Å². The molecule has 23 heavy (non-hydrogen) atoms. The zero-order valence-corrected chi connectivity index (χ0v) is 12.9. The van der Waals surface area contributed by atoms with Crippen molar-refractivity contribution in [3.8, 4) is 0 Å². The zero-order chi connectivity index (χ0) is 16.4. The van der Waals surface area contributed by atoms with Crippen molar-refractivity contribution >= 4 is 22.5 Å². The first-order valence-corrected chi connectivity index (χ1v) is 7.34. The molecule has 1 N–H and O–H groups in total. The lowest BCUT2D eigenvalue weighted by atomic mass is 10.1. The maximum Gasteiger partial charge on any atom is 0.277 e. The van der Waals surface area contributed by atoms with E-state index < -0.39 is 0 Å². The van der Waals surface area contributed by atoms with E-state index in [9.17, 15) is 9.59 Å². The Bertz CT molecular complexity index is 947. The van der Waals surface area contributed by atoms with E-state index in [2.05, 4.69) is 15.4 Å². The Labute approximate surface area is 132 Å². The fourth-order valence-corrected chi connectivity index (χ4v) is 2.40. The van der Waals surface area contributed by atoms with E-state index in [0.717, 1.165) is 5.56 Å². The molecule has 3 rings (SSSR count). The average Bonchev–Trinajstić information content (AvgIpc) is 2.55. The van der Waals surface area contributed by atoms with Crippen molar-refractivity contribution in [2.45, 2.75) is 20.4 Å². The molecular formula is C17H16N4O2. The molecule has 0 radical (unpaired) electrons. The summed E-state index contributed by atoms with van der Waals surface area (Å²) in [6, 6.07) is 10.6. The van der Waals surface area contributed by atoms with E-state index in [1.54, 1.807) is 36.5 Å². The van der Waals surface area contributed by atoms with Crippen LogP contribution in [0, 0.1) is 6.92 Å². The lowest BCUT2D eigenvalue weighted by molar-refractivity contribution is 0.102. The summed E-state index contributed by atoms with van der Waals surface area (Å²) >= 11 is 0. The van der Waals surface area contributed by atoms with Gasteiger partial charge in [-0.3, -0.25) is 9.59 Å². The predicted octanol–water partition coefficient (Wildman–Crippen LogP) is 2.37. The van der Waals surface area contributed by atoms with E-state index in [1.165, 1.54) is 4.68 Å². The van der Waals surface area contributed by atoms with E-state index >= 15 is 0 Å². The number of aryl methyl sites for hydroxylation is 2. The Morgan fingerprint density at radius 3 is 2.65 bits per heavy atom. The van der Waals surface area contributed by atoms with Crippen LogP contribution in [0.2, 0.25) is 0 Å². The van der Waals surface area contributed by atoms with Gasteiger partial charge in [0.1, 0.15) is 5.82 Å². The van der Waals surface area contributed by atoms with Crippen molar-refractivity contribution in [1.29, 1.82) is 0 Å². The molecule has 2 heterocycles. The molecule has 2 aromatic heterocycles. The molecular weight excluding hydrogens is 292 g/mol. The van der Waals surface area contributed by atoms with Crippen LogP contribution in [0.4, 0.5) is 5.82 Å². The molecule has 0 aliphatic heterocycles. The minimum atomic E-state index is -0.387. The van der Waals surface area contributed by atoms with Gasteiger partial charge in [0.15, 0.2) is 5.69 Å². The number of pyridine rings is 1. The van der Waals surface area contributed by atoms with Crippen molar-refractivity contribution in [3.63, 3.8) is 0 Å². The number of fused-ring (bicyclic) bond motifs is 1. The highest BCUT2D eigenvalue weighted by Crippen LogP contribution is 2.15. The van der Waals surface area contributed by atoms with Gasteiger partial charge in [-0.15, -0.1) is 0 Å². The van der Waals surface area contributed by atoms with Gasteiger partial charge < -0.3 is 5.32 Å². The third kappa shape index (κ3) is 2.83. The smallest absolute Gasteiger partial charge is 0.277 e. The molecule has 6 heteroatoms. The molecule has 0 saturated heterocycles. The number of amides is 1. The first kappa shape index (κ1) is 14.9. The second-order valence-corrected chi connectivity index (χ2v) is 5.19. The number of aromatic nitrogens is 3. The number of nitrogens with one attached hydrogen (secondary N) is 1. The number of rotatable bonds is 3. The number of carbonyl (C=O) groups is 1. The number of benzene rings is 1. The molecule has 1 aromatic carbocycles. The summed E-state index contributed by atoms with van der Waals surface area (Å²) in [6.07, 6.45) is 1.63. The Morgan fingerprint density at radius 2 is 1.96 bits per heavy atom. The monoisotopic (exact) mass is 308 g/mol. The second kappa shape index (κ2) is 6.00. The minimum absolute atomic E-state index is 0.201. The zero-order valence-electron chi connectivity index (χ0n) is 12.9. The SMILES string of the molecule is CCn1nc(C(=O)Nc2cc(C)ccn2)c2ccccc2c1=O. The van der Waals surface area contributed by atoms with Gasteiger partial charge in [0.2, 0.25) is 0 Å². The Balaban J connectivity index is 2.10. The molecule has 0 bridgehead atoms. The number of nitrogens with zero attached hydrogens (tertiary/aromatic N) is 3. The van der Waals surface area contributed by atoms with Gasteiger partial charge in [0.25, 0.3) is 11.5 Å². The lowest BCUT2D eigenvalue weighted by Gasteiger charge is -2.10. The fourth-order valence-electron chi connectivity index (χ4n) is 2.40.